The van der Waals surface area contributed by atoms with Crippen LogP contribution in [-0.2, 0) is 9.53 Å². The first-order valence-electron chi connectivity index (χ1n) is 4.89. The van der Waals surface area contributed by atoms with Crippen LogP contribution in [0, 0.1) is 6.92 Å². The smallest absolute Gasteiger partial charge is 0.338 e. The molecular weight excluding hydrogens is 212 g/mol. The normalized spacial score (nSPS) is 14.2. The Morgan fingerprint density at radius 2 is 2.12 bits per heavy atom. The van der Waals surface area contributed by atoms with E-state index in [1.807, 2.05) is 0 Å². The highest BCUT2D eigenvalue weighted by Crippen LogP contribution is 2.14. The molecule has 1 rings (SSSR count). The molecular formula is C10H14N2O4. The molecule has 2 unspecified atom stereocenters. The highest BCUT2D eigenvalue weighted by atomic mass is 16.5. The summed E-state index contributed by atoms with van der Waals surface area (Å²) < 4.78 is 4.57. The molecule has 0 aromatic carbocycles. The molecule has 0 aliphatic rings. The van der Waals surface area contributed by atoms with E-state index < -0.39 is 18.2 Å². The zero-order valence-electron chi connectivity index (χ0n) is 9.12. The summed E-state index contributed by atoms with van der Waals surface area (Å²) in [5, 5.41) is 26.5. The van der Waals surface area contributed by atoms with Gasteiger partial charge in [-0.05, 0) is 26.0 Å². The van der Waals surface area contributed by atoms with Crippen LogP contribution in [0.1, 0.15) is 24.4 Å². The number of carbonyl (C=O) groups is 1. The number of esters is 1. The molecule has 6 nitrogen and oxygen atoms in total. The van der Waals surface area contributed by atoms with Crippen molar-refractivity contribution >= 4 is 5.97 Å². The van der Waals surface area contributed by atoms with Gasteiger partial charge in [0.1, 0.15) is 6.10 Å². The lowest BCUT2D eigenvalue weighted by Gasteiger charge is -2.15. The fraction of sp³-hybridized carbons (Fsp3) is 0.500. The van der Waals surface area contributed by atoms with E-state index in [0.29, 0.717) is 5.69 Å². The van der Waals surface area contributed by atoms with Gasteiger partial charge in [-0.25, -0.2) is 4.79 Å². The van der Waals surface area contributed by atoms with Gasteiger partial charge >= 0.3 is 5.97 Å². The van der Waals surface area contributed by atoms with Gasteiger partial charge in [0.2, 0.25) is 0 Å². The molecule has 0 aliphatic heterocycles. The monoisotopic (exact) mass is 226 g/mol. The van der Waals surface area contributed by atoms with Gasteiger partial charge in [-0.1, -0.05) is 0 Å². The number of aliphatic hydroxyl groups is 2. The van der Waals surface area contributed by atoms with Crippen LogP contribution in [-0.4, -0.2) is 39.1 Å². The third-order valence-corrected chi connectivity index (χ3v) is 1.95. The van der Waals surface area contributed by atoms with Crippen molar-refractivity contribution in [1.82, 2.24) is 10.2 Å². The van der Waals surface area contributed by atoms with Crippen LogP contribution in [0.2, 0.25) is 0 Å². The Morgan fingerprint density at radius 1 is 1.44 bits per heavy atom. The fourth-order valence-electron chi connectivity index (χ4n) is 1.09. The summed E-state index contributed by atoms with van der Waals surface area (Å²) in [4.78, 5) is 11.1. The molecule has 0 aliphatic carbocycles. The van der Waals surface area contributed by atoms with Gasteiger partial charge in [0.05, 0.1) is 18.0 Å². The van der Waals surface area contributed by atoms with E-state index in [1.54, 1.807) is 19.9 Å². The average Bonchev–Trinajstić information content (AvgIpc) is 2.28. The highest BCUT2D eigenvalue weighted by Gasteiger charge is 2.28. The van der Waals surface area contributed by atoms with Gasteiger partial charge in [-0.15, -0.1) is 0 Å². The van der Waals surface area contributed by atoms with Gasteiger partial charge in [-0.3, -0.25) is 0 Å². The van der Waals surface area contributed by atoms with Gasteiger partial charge in [0.25, 0.3) is 0 Å². The minimum Gasteiger partial charge on any atom is -0.464 e. The summed E-state index contributed by atoms with van der Waals surface area (Å²) in [7, 11) is 0. The van der Waals surface area contributed by atoms with Crippen molar-refractivity contribution in [2.24, 2.45) is 0 Å². The van der Waals surface area contributed by atoms with Crippen molar-refractivity contribution in [2.45, 2.75) is 26.1 Å². The number of aromatic nitrogens is 2. The molecule has 2 atom stereocenters. The van der Waals surface area contributed by atoms with E-state index in [4.69, 9.17) is 0 Å². The first-order valence-corrected chi connectivity index (χ1v) is 4.89. The van der Waals surface area contributed by atoms with E-state index in [0.717, 1.165) is 0 Å². The molecule has 1 aromatic heterocycles. The quantitative estimate of drug-likeness (QED) is 0.687. The van der Waals surface area contributed by atoms with Crippen LogP contribution in [0.5, 0.6) is 0 Å². The van der Waals surface area contributed by atoms with Crippen molar-refractivity contribution in [3.8, 4) is 0 Å². The summed E-state index contributed by atoms with van der Waals surface area (Å²) in [6, 6.07) is 3.12. The molecule has 1 heterocycles. The van der Waals surface area contributed by atoms with E-state index in [9.17, 15) is 15.0 Å². The molecule has 6 heteroatoms. The standard InChI is InChI=1S/C10H14N2O4/c1-3-16-10(15)9(14)8(13)7-5-4-6(2)11-12-7/h4-5,8-9,13-14H,3H2,1-2H3. The minimum absolute atomic E-state index is 0.131. The summed E-state index contributed by atoms with van der Waals surface area (Å²) in [5.74, 6) is -0.877. The number of hydrogen-bond donors (Lipinski definition) is 2. The third kappa shape index (κ3) is 2.98. The second-order valence-corrected chi connectivity index (χ2v) is 3.24. The SMILES string of the molecule is CCOC(=O)C(O)C(O)c1ccc(C)nn1. The predicted molar refractivity (Wildman–Crippen MR) is 54.4 cm³/mol. The zero-order valence-corrected chi connectivity index (χ0v) is 9.12. The molecule has 0 saturated carbocycles. The number of hydrogen-bond acceptors (Lipinski definition) is 6. The fourth-order valence-corrected chi connectivity index (χ4v) is 1.09. The molecule has 1 aromatic rings. The number of ether oxygens (including phenoxy) is 1. The van der Waals surface area contributed by atoms with Crippen LogP contribution < -0.4 is 0 Å². The number of aryl methyl sites for hydroxylation is 1. The van der Waals surface area contributed by atoms with E-state index in [-0.39, 0.29) is 12.3 Å². The maximum Gasteiger partial charge on any atom is 0.338 e. The maximum absolute atomic E-state index is 11.1. The van der Waals surface area contributed by atoms with Crippen molar-refractivity contribution in [1.29, 1.82) is 0 Å². The summed E-state index contributed by atoms with van der Waals surface area (Å²) >= 11 is 0. The Bertz CT molecular complexity index is 352. The second-order valence-electron chi connectivity index (χ2n) is 3.24. The number of aliphatic hydroxyl groups excluding tert-OH is 2. The van der Waals surface area contributed by atoms with E-state index >= 15 is 0 Å². The Balaban J connectivity index is 2.73. The lowest BCUT2D eigenvalue weighted by atomic mass is 10.1. The van der Waals surface area contributed by atoms with Crippen molar-refractivity contribution in [3.63, 3.8) is 0 Å². The van der Waals surface area contributed by atoms with Crippen LogP contribution in [0.3, 0.4) is 0 Å². The van der Waals surface area contributed by atoms with Gasteiger partial charge < -0.3 is 14.9 Å². The summed E-state index contributed by atoms with van der Waals surface area (Å²) in [5.41, 5.74) is 0.813. The van der Waals surface area contributed by atoms with E-state index in [2.05, 4.69) is 14.9 Å². The van der Waals surface area contributed by atoms with Crippen LogP contribution >= 0.6 is 0 Å². The van der Waals surface area contributed by atoms with Gasteiger partial charge in [-0.2, -0.15) is 10.2 Å². The largest absolute Gasteiger partial charge is 0.464 e. The average molecular weight is 226 g/mol. The molecule has 0 spiro atoms. The first-order chi connectivity index (χ1) is 7.56. The van der Waals surface area contributed by atoms with Crippen LogP contribution in [0.15, 0.2) is 12.1 Å². The maximum atomic E-state index is 11.1. The third-order valence-electron chi connectivity index (χ3n) is 1.95. The molecule has 0 amide bonds. The second kappa shape index (κ2) is 5.53. The van der Waals surface area contributed by atoms with Crippen molar-refractivity contribution in [2.75, 3.05) is 6.61 Å². The predicted octanol–water partition coefficient (Wildman–Crippen LogP) is -0.258. The summed E-state index contributed by atoms with van der Waals surface area (Å²) in [6.45, 7) is 3.50. The Hall–Kier alpha value is -1.53. The molecule has 2 N–H and O–H groups in total. The molecule has 88 valence electrons. The molecule has 0 radical (unpaired) electrons. The van der Waals surface area contributed by atoms with Crippen LogP contribution in [0.25, 0.3) is 0 Å². The number of nitrogens with zero attached hydrogens (tertiary/aromatic N) is 2. The lowest BCUT2D eigenvalue weighted by molar-refractivity contribution is -0.159. The Morgan fingerprint density at radius 3 is 2.62 bits per heavy atom. The Labute approximate surface area is 92.9 Å². The summed E-state index contributed by atoms with van der Waals surface area (Å²) in [6.07, 6.45) is -3.07. The Kier molecular flexibility index (Phi) is 4.33. The molecule has 16 heavy (non-hydrogen) atoms. The lowest BCUT2D eigenvalue weighted by Crippen LogP contribution is -2.30. The van der Waals surface area contributed by atoms with Gasteiger partial charge in [0, 0.05) is 0 Å². The number of carbonyl (C=O) groups excluding carboxylic acids is 1. The van der Waals surface area contributed by atoms with Crippen molar-refractivity contribution in [3.05, 3.63) is 23.5 Å². The van der Waals surface area contributed by atoms with Crippen LogP contribution in [0.4, 0.5) is 0 Å². The van der Waals surface area contributed by atoms with E-state index in [1.165, 1.54) is 6.07 Å². The minimum atomic E-state index is -1.64. The first kappa shape index (κ1) is 12.5. The van der Waals surface area contributed by atoms with Gasteiger partial charge in [0.15, 0.2) is 6.10 Å². The van der Waals surface area contributed by atoms with Crippen molar-refractivity contribution < 1.29 is 19.7 Å². The number of rotatable bonds is 4. The topological polar surface area (TPSA) is 92.5 Å². The molecule has 0 fully saturated rings. The molecule has 0 saturated heterocycles. The highest BCUT2D eigenvalue weighted by molar-refractivity contribution is 5.75. The molecule has 0 bridgehead atoms. The zero-order chi connectivity index (χ0) is 12.1.